The number of nitrogens with zero attached hydrogens (tertiary/aromatic N) is 1. The Hall–Kier alpha value is -1.30. The van der Waals surface area contributed by atoms with Crippen LogP contribution in [0.5, 0.6) is 0 Å². The fourth-order valence-corrected chi connectivity index (χ4v) is 0.362. The molecule has 48 valence electrons. The first kappa shape index (κ1) is 7.70. The van der Waals surface area contributed by atoms with Crippen molar-refractivity contribution in [2.75, 3.05) is 0 Å². The molecule has 0 atom stereocenters. The van der Waals surface area contributed by atoms with Crippen LogP contribution in [0, 0.1) is 11.3 Å². The average molecular weight is 124 g/mol. The summed E-state index contributed by atoms with van der Waals surface area (Å²) in [6.45, 7) is 3.10. The second kappa shape index (κ2) is 2.88. The normalized spacial score (nSPS) is 7.67. The Morgan fingerprint density at radius 1 is 1.56 bits per heavy atom. The van der Waals surface area contributed by atoms with Gasteiger partial charge in [-0.15, -0.1) is 0 Å². The molecule has 0 rings (SSSR count). The van der Waals surface area contributed by atoms with Gasteiger partial charge in [0.15, 0.2) is 0 Å². The summed E-state index contributed by atoms with van der Waals surface area (Å²) < 4.78 is 0. The molecule has 0 bridgehead atoms. The molecule has 0 aliphatic heterocycles. The molecule has 0 unspecified atom stereocenters. The van der Waals surface area contributed by atoms with Crippen molar-refractivity contribution in [3.05, 3.63) is 11.1 Å². The number of allylic oxidation sites excluding steroid dienone is 1. The van der Waals surface area contributed by atoms with Gasteiger partial charge in [-0.1, -0.05) is 5.57 Å². The zero-order chi connectivity index (χ0) is 7.44. The minimum Gasteiger partial charge on any atom is -0.544 e. The molecule has 0 aliphatic carbocycles. The fourth-order valence-electron chi connectivity index (χ4n) is 0.362. The quantitative estimate of drug-likeness (QED) is 0.353. The number of hydrogen-bond acceptors (Lipinski definition) is 3. The van der Waals surface area contributed by atoms with Crippen LogP contribution >= 0.6 is 0 Å². The predicted octanol–water partition coefficient (Wildman–Crippen LogP) is -0.404. The van der Waals surface area contributed by atoms with E-state index in [4.69, 9.17) is 5.26 Å². The topological polar surface area (TPSA) is 63.9 Å². The van der Waals surface area contributed by atoms with Crippen LogP contribution in [0.15, 0.2) is 11.1 Å². The van der Waals surface area contributed by atoms with E-state index >= 15 is 0 Å². The molecule has 0 aromatic heterocycles. The number of nitriles is 1. The standard InChI is InChI=1S/C6H7NO2/c1-4(2)5(3-7)6(8)9/h1-2H3,(H,8,9)/p-1. The summed E-state index contributed by atoms with van der Waals surface area (Å²) >= 11 is 0. The highest BCUT2D eigenvalue weighted by molar-refractivity contribution is 5.90. The SMILES string of the molecule is CC(C)=C(C#N)C(=O)[O-]. The first-order valence-corrected chi connectivity index (χ1v) is 2.38. The molecule has 0 aromatic carbocycles. The summed E-state index contributed by atoms with van der Waals surface area (Å²) in [6.07, 6.45) is 0. The second-order valence-corrected chi connectivity index (χ2v) is 1.77. The maximum atomic E-state index is 9.98. The van der Waals surface area contributed by atoms with Gasteiger partial charge in [0.1, 0.15) is 6.07 Å². The molecule has 0 radical (unpaired) electrons. The predicted molar refractivity (Wildman–Crippen MR) is 29.0 cm³/mol. The molecule has 0 heterocycles. The minimum absolute atomic E-state index is 0.282. The van der Waals surface area contributed by atoms with Crippen LogP contribution in [-0.2, 0) is 4.79 Å². The zero-order valence-corrected chi connectivity index (χ0v) is 5.26. The summed E-state index contributed by atoms with van der Waals surface area (Å²) in [7, 11) is 0. The van der Waals surface area contributed by atoms with E-state index in [0.29, 0.717) is 5.57 Å². The molecule has 0 saturated carbocycles. The van der Waals surface area contributed by atoms with Crippen LogP contribution in [0.1, 0.15) is 13.8 Å². The number of carboxylic acids is 1. The van der Waals surface area contributed by atoms with Gasteiger partial charge in [-0.3, -0.25) is 0 Å². The van der Waals surface area contributed by atoms with E-state index in [-0.39, 0.29) is 5.57 Å². The number of rotatable bonds is 1. The van der Waals surface area contributed by atoms with Crippen molar-refractivity contribution in [1.29, 1.82) is 5.26 Å². The first-order chi connectivity index (χ1) is 4.09. The molecule has 3 heteroatoms. The number of carbonyl (C=O) groups excluding carboxylic acids is 1. The smallest absolute Gasteiger partial charge is 0.101 e. The van der Waals surface area contributed by atoms with Gasteiger partial charge in [-0.05, 0) is 13.8 Å². The molecule has 0 spiro atoms. The average Bonchev–Trinajstić information content (AvgIpc) is 1.64. The lowest BCUT2D eigenvalue weighted by Crippen LogP contribution is -2.24. The highest BCUT2D eigenvalue weighted by atomic mass is 16.4. The van der Waals surface area contributed by atoms with Crippen molar-refractivity contribution < 1.29 is 9.90 Å². The Morgan fingerprint density at radius 3 is 2.00 bits per heavy atom. The third-order valence-electron chi connectivity index (χ3n) is 0.816. The lowest BCUT2D eigenvalue weighted by molar-refractivity contribution is -0.298. The van der Waals surface area contributed by atoms with Gasteiger partial charge in [0.25, 0.3) is 0 Å². The van der Waals surface area contributed by atoms with Gasteiger partial charge < -0.3 is 9.90 Å². The van der Waals surface area contributed by atoms with Gasteiger partial charge in [-0.25, -0.2) is 0 Å². The summed E-state index contributed by atoms with van der Waals surface area (Å²) in [5.74, 6) is -1.41. The molecule has 0 aliphatic rings. The van der Waals surface area contributed by atoms with Gasteiger partial charge in [0.2, 0.25) is 0 Å². The number of carboxylic acid groups (broad SMARTS) is 1. The molecule has 0 fully saturated rings. The van der Waals surface area contributed by atoms with Gasteiger partial charge in [0.05, 0.1) is 11.5 Å². The van der Waals surface area contributed by atoms with Crippen LogP contribution in [0.25, 0.3) is 0 Å². The van der Waals surface area contributed by atoms with E-state index in [0.717, 1.165) is 0 Å². The number of hydrogen-bond donors (Lipinski definition) is 0. The fraction of sp³-hybridized carbons (Fsp3) is 0.333. The molecular formula is C6H6NO2-. The maximum absolute atomic E-state index is 9.98. The van der Waals surface area contributed by atoms with E-state index in [1.807, 2.05) is 0 Å². The van der Waals surface area contributed by atoms with Crippen molar-refractivity contribution in [3.8, 4) is 6.07 Å². The van der Waals surface area contributed by atoms with Crippen LogP contribution < -0.4 is 5.11 Å². The van der Waals surface area contributed by atoms with Gasteiger partial charge in [-0.2, -0.15) is 5.26 Å². The Balaban J connectivity index is 4.62. The molecule has 0 N–H and O–H groups in total. The summed E-state index contributed by atoms with van der Waals surface area (Å²) in [5, 5.41) is 18.1. The maximum Gasteiger partial charge on any atom is 0.101 e. The summed E-state index contributed by atoms with van der Waals surface area (Å²) in [6, 6.07) is 1.52. The van der Waals surface area contributed by atoms with Crippen molar-refractivity contribution in [3.63, 3.8) is 0 Å². The largest absolute Gasteiger partial charge is 0.544 e. The lowest BCUT2D eigenvalue weighted by atomic mass is 10.2. The summed E-state index contributed by atoms with van der Waals surface area (Å²) in [4.78, 5) is 9.98. The Kier molecular flexibility index (Phi) is 2.46. The third-order valence-corrected chi connectivity index (χ3v) is 0.816. The lowest BCUT2D eigenvalue weighted by Gasteiger charge is -1.98. The van der Waals surface area contributed by atoms with Crippen LogP contribution in [0.4, 0.5) is 0 Å². The van der Waals surface area contributed by atoms with Crippen molar-refractivity contribution >= 4 is 5.97 Å². The van der Waals surface area contributed by atoms with E-state index < -0.39 is 5.97 Å². The monoisotopic (exact) mass is 124 g/mol. The van der Waals surface area contributed by atoms with Crippen molar-refractivity contribution in [1.82, 2.24) is 0 Å². The van der Waals surface area contributed by atoms with Crippen LogP contribution in [0.2, 0.25) is 0 Å². The molecule has 9 heavy (non-hydrogen) atoms. The van der Waals surface area contributed by atoms with E-state index in [1.165, 1.54) is 6.07 Å². The number of aliphatic carboxylic acids is 1. The van der Waals surface area contributed by atoms with Crippen LogP contribution in [0.3, 0.4) is 0 Å². The summed E-state index contributed by atoms with van der Waals surface area (Å²) in [5.41, 5.74) is 0.188. The van der Waals surface area contributed by atoms with E-state index in [1.54, 1.807) is 13.8 Å². The number of carbonyl (C=O) groups is 1. The first-order valence-electron chi connectivity index (χ1n) is 2.38. The molecule has 3 nitrogen and oxygen atoms in total. The third kappa shape index (κ3) is 1.96. The van der Waals surface area contributed by atoms with Crippen LogP contribution in [-0.4, -0.2) is 5.97 Å². The zero-order valence-electron chi connectivity index (χ0n) is 5.26. The Bertz CT molecular complexity index is 194. The second-order valence-electron chi connectivity index (χ2n) is 1.77. The van der Waals surface area contributed by atoms with Crippen molar-refractivity contribution in [2.45, 2.75) is 13.8 Å². The Morgan fingerprint density at radius 2 is 2.00 bits per heavy atom. The highest BCUT2D eigenvalue weighted by Gasteiger charge is 1.95. The Labute approximate surface area is 53.2 Å². The van der Waals surface area contributed by atoms with Gasteiger partial charge >= 0.3 is 0 Å². The molecular weight excluding hydrogens is 118 g/mol. The van der Waals surface area contributed by atoms with Crippen molar-refractivity contribution in [2.24, 2.45) is 0 Å². The molecule has 0 saturated heterocycles. The highest BCUT2D eigenvalue weighted by Crippen LogP contribution is 1.98. The van der Waals surface area contributed by atoms with Gasteiger partial charge in [0, 0.05) is 0 Å². The minimum atomic E-state index is -1.41. The molecule has 0 amide bonds. The van der Waals surface area contributed by atoms with E-state index in [2.05, 4.69) is 0 Å². The molecule has 0 aromatic rings. The van der Waals surface area contributed by atoms with E-state index in [9.17, 15) is 9.90 Å².